The first-order valence-electron chi connectivity index (χ1n) is 10.4. The Morgan fingerprint density at radius 2 is 1.29 bits per heavy atom. The third-order valence-corrected chi connectivity index (χ3v) is 6.34. The normalized spacial score (nSPS) is 17.8. The van der Waals surface area contributed by atoms with Crippen LogP contribution < -0.4 is 0 Å². The van der Waals surface area contributed by atoms with Crippen molar-refractivity contribution in [1.29, 1.82) is 0 Å². The van der Waals surface area contributed by atoms with Gasteiger partial charge in [-0.3, -0.25) is 9.80 Å². The molecule has 4 nitrogen and oxygen atoms in total. The van der Waals surface area contributed by atoms with E-state index in [0.29, 0.717) is 24.2 Å². The van der Waals surface area contributed by atoms with E-state index < -0.39 is 11.6 Å². The van der Waals surface area contributed by atoms with Gasteiger partial charge in [-0.25, -0.2) is 8.78 Å². The van der Waals surface area contributed by atoms with Gasteiger partial charge in [-0.2, -0.15) is 0 Å². The van der Waals surface area contributed by atoms with Crippen molar-refractivity contribution < 1.29 is 18.3 Å². The summed E-state index contributed by atoms with van der Waals surface area (Å²) in [6.45, 7) is 10.0. The average molecular weight is 562 g/mol. The van der Waals surface area contributed by atoms with E-state index in [-0.39, 0.29) is 5.56 Å². The lowest BCUT2D eigenvalue weighted by Crippen LogP contribution is -2.36. The van der Waals surface area contributed by atoms with E-state index >= 15 is 0 Å². The minimum atomic E-state index is -0.502. The SMILES string of the molecule is Cc1cc(Br)ccc1CN1CCOCC1.Fc1cc(Br)cc(F)c1CN1CCOCC1. The zero-order chi connectivity index (χ0) is 22.2. The Hall–Kier alpha value is -0.900. The predicted octanol–water partition coefficient (Wildman–Crippen LogP) is 5.15. The minimum Gasteiger partial charge on any atom is -0.379 e. The molecule has 170 valence electrons. The smallest absolute Gasteiger partial charge is 0.131 e. The molecule has 0 atom stereocenters. The number of hydrogen-bond acceptors (Lipinski definition) is 4. The van der Waals surface area contributed by atoms with Gasteiger partial charge in [-0.1, -0.05) is 37.9 Å². The van der Waals surface area contributed by atoms with Crippen LogP contribution in [0.5, 0.6) is 0 Å². The molecule has 0 unspecified atom stereocenters. The molecule has 0 amide bonds. The van der Waals surface area contributed by atoms with Gasteiger partial charge in [0.15, 0.2) is 0 Å². The van der Waals surface area contributed by atoms with Gasteiger partial charge in [0.1, 0.15) is 11.6 Å². The van der Waals surface area contributed by atoms with Gasteiger partial charge in [0, 0.05) is 53.8 Å². The molecule has 2 fully saturated rings. The summed E-state index contributed by atoms with van der Waals surface area (Å²) in [5.74, 6) is -1.00. The van der Waals surface area contributed by atoms with Gasteiger partial charge in [-0.15, -0.1) is 0 Å². The number of hydrogen-bond donors (Lipinski definition) is 0. The van der Waals surface area contributed by atoms with Crippen LogP contribution in [0.25, 0.3) is 0 Å². The standard InChI is InChI=1S/C12H16BrNO.C11H12BrF2NO/c1-10-8-12(13)3-2-11(10)9-14-4-6-15-7-5-14;12-8-5-10(13)9(11(14)6-8)7-15-1-3-16-4-2-15/h2-3,8H,4-7,9H2,1H3;5-6H,1-4,7H2. The molecule has 2 saturated heterocycles. The Kier molecular flexibility index (Phi) is 9.87. The molecular formula is C23H28Br2F2N2O2. The third-order valence-electron chi connectivity index (χ3n) is 5.39. The third kappa shape index (κ3) is 7.87. The molecule has 0 saturated carbocycles. The minimum absolute atomic E-state index is 0.130. The number of morpholine rings is 2. The summed E-state index contributed by atoms with van der Waals surface area (Å²) in [5, 5.41) is 0. The molecule has 0 radical (unpaired) electrons. The number of nitrogens with zero attached hydrogens (tertiary/aromatic N) is 2. The van der Waals surface area contributed by atoms with Gasteiger partial charge >= 0.3 is 0 Å². The lowest BCUT2D eigenvalue weighted by Gasteiger charge is -2.27. The van der Waals surface area contributed by atoms with Crippen molar-refractivity contribution >= 4 is 31.9 Å². The van der Waals surface area contributed by atoms with E-state index in [0.717, 1.165) is 50.4 Å². The topological polar surface area (TPSA) is 24.9 Å². The molecular weight excluding hydrogens is 534 g/mol. The summed E-state index contributed by atoms with van der Waals surface area (Å²) in [4.78, 5) is 4.43. The molecule has 8 heteroatoms. The van der Waals surface area contributed by atoms with Crippen LogP contribution in [0.1, 0.15) is 16.7 Å². The van der Waals surface area contributed by atoms with Crippen LogP contribution in [0, 0.1) is 18.6 Å². The van der Waals surface area contributed by atoms with Gasteiger partial charge in [0.05, 0.1) is 26.4 Å². The summed E-state index contributed by atoms with van der Waals surface area (Å²) in [7, 11) is 0. The fraction of sp³-hybridized carbons (Fsp3) is 0.478. The Labute approximate surface area is 199 Å². The van der Waals surface area contributed by atoms with Crippen LogP contribution >= 0.6 is 31.9 Å². The molecule has 0 bridgehead atoms. The second kappa shape index (κ2) is 12.4. The van der Waals surface area contributed by atoms with Crippen molar-refractivity contribution in [1.82, 2.24) is 9.80 Å². The molecule has 31 heavy (non-hydrogen) atoms. The first kappa shape index (κ1) is 24.7. The predicted molar refractivity (Wildman–Crippen MR) is 125 cm³/mol. The van der Waals surface area contributed by atoms with Crippen LogP contribution in [0.2, 0.25) is 0 Å². The van der Waals surface area contributed by atoms with E-state index in [9.17, 15) is 8.78 Å². The number of rotatable bonds is 4. The fourth-order valence-electron chi connectivity index (χ4n) is 3.54. The molecule has 0 N–H and O–H groups in total. The largest absolute Gasteiger partial charge is 0.379 e. The summed E-state index contributed by atoms with van der Waals surface area (Å²) in [6.07, 6.45) is 0. The van der Waals surface area contributed by atoms with Crippen molar-refractivity contribution in [2.75, 3.05) is 52.6 Å². The van der Waals surface area contributed by atoms with Crippen molar-refractivity contribution in [3.8, 4) is 0 Å². The van der Waals surface area contributed by atoms with E-state index in [4.69, 9.17) is 9.47 Å². The molecule has 0 aliphatic carbocycles. The Balaban J connectivity index is 0.000000176. The lowest BCUT2D eigenvalue weighted by molar-refractivity contribution is 0.0332. The number of benzene rings is 2. The maximum absolute atomic E-state index is 13.5. The van der Waals surface area contributed by atoms with Crippen LogP contribution in [0.3, 0.4) is 0 Å². The molecule has 4 rings (SSSR count). The Bertz CT molecular complexity index is 834. The van der Waals surface area contributed by atoms with Gasteiger partial charge < -0.3 is 9.47 Å². The Morgan fingerprint density at radius 3 is 1.81 bits per heavy atom. The highest BCUT2D eigenvalue weighted by molar-refractivity contribution is 9.10. The van der Waals surface area contributed by atoms with E-state index in [1.54, 1.807) is 0 Å². The molecule has 2 aromatic rings. The molecule has 2 aromatic carbocycles. The van der Waals surface area contributed by atoms with Crippen molar-refractivity contribution in [2.24, 2.45) is 0 Å². The maximum atomic E-state index is 13.5. The first-order valence-corrected chi connectivity index (χ1v) is 12.0. The van der Waals surface area contributed by atoms with Crippen molar-refractivity contribution in [3.05, 3.63) is 67.6 Å². The highest BCUT2D eigenvalue weighted by Crippen LogP contribution is 2.21. The highest BCUT2D eigenvalue weighted by Gasteiger charge is 2.17. The molecule has 0 aromatic heterocycles. The summed E-state index contributed by atoms with van der Waals surface area (Å²) in [5.41, 5.74) is 2.90. The highest BCUT2D eigenvalue weighted by atomic mass is 79.9. The van der Waals surface area contributed by atoms with Gasteiger partial charge in [0.2, 0.25) is 0 Å². The summed E-state index contributed by atoms with van der Waals surface area (Å²) in [6, 6.07) is 9.07. The van der Waals surface area contributed by atoms with Gasteiger partial charge in [-0.05, 0) is 42.3 Å². The maximum Gasteiger partial charge on any atom is 0.131 e. The van der Waals surface area contributed by atoms with Crippen molar-refractivity contribution in [3.63, 3.8) is 0 Å². The number of ether oxygens (including phenoxy) is 2. The average Bonchev–Trinajstić information content (AvgIpc) is 2.75. The lowest BCUT2D eigenvalue weighted by atomic mass is 10.1. The monoisotopic (exact) mass is 560 g/mol. The number of aryl methyl sites for hydroxylation is 1. The molecule has 0 spiro atoms. The van der Waals surface area contributed by atoms with E-state index in [1.807, 2.05) is 4.90 Å². The quantitative estimate of drug-likeness (QED) is 0.515. The second-order valence-corrected chi connectivity index (χ2v) is 9.53. The van der Waals surface area contributed by atoms with Crippen LogP contribution in [0.4, 0.5) is 8.78 Å². The van der Waals surface area contributed by atoms with Crippen LogP contribution in [-0.2, 0) is 22.6 Å². The first-order chi connectivity index (χ1) is 14.9. The van der Waals surface area contributed by atoms with Crippen LogP contribution in [-0.4, -0.2) is 62.4 Å². The summed E-state index contributed by atoms with van der Waals surface area (Å²) < 4.78 is 39.2. The van der Waals surface area contributed by atoms with Crippen LogP contribution in [0.15, 0.2) is 39.3 Å². The van der Waals surface area contributed by atoms with E-state index in [2.05, 4.69) is 61.9 Å². The fourth-order valence-corrected chi connectivity index (χ4v) is 4.42. The zero-order valence-electron chi connectivity index (χ0n) is 17.7. The number of halogens is 4. The Morgan fingerprint density at radius 1 is 0.774 bits per heavy atom. The van der Waals surface area contributed by atoms with E-state index in [1.165, 1.54) is 23.3 Å². The van der Waals surface area contributed by atoms with Crippen molar-refractivity contribution in [2.45, 2.75) is 20.0 Å². The molecule has 2 aliphatic heterocycles. The second-order valence-electron chi connectivity index (χ2n) is 7.70. The molecule has 2 heterocycles. The molecule has 2 aliphatic rings. The zero-order valence-corrected chi connectivity index (χ0v) is 20.9. The summed E-state index contributed by atoms with van der Waals surface area (Å²) >= 11 is 6.55. The van der Waals surface area contributed by atoms with Gasteiger partial charge in [0.25, 0.3) is 0 Å².